The highest BCUT2D eigenvalue weighted by Crippen LogP contribution is 2.30. The van der Waals surface area contributed by atoms with E-state index in [1.165, 1.54) is 25.0 Å². The van der Waals surface area contributed by atoms with Gasteiger partial charge in [-0.25, -0.2) is 9.78 Å². The van der Waals surface area contributed by atoms with Crippen LogP contribution in [0.4, 0.5) is 19.3 Å². The van der Waals surface area contributed by atoms with Crippen LogP contribution in [-0.2, 0) is 11.3 Å². The van der Waals surface area contributed by atoms with E-state index in [2.05, 4.69) is 20.4 Å². The van der Waals surface area contributed by atoms with E-state index in [4.69, 9.17) is 27.9 Å². The molecule has 0 spiro atoms. The molecule has 1 aliphatic carbocycles. The van der Waals surface area contributed by atoms with Crippen molar-refractivity contribution in [1.29, 1.82) is 0 Å². The lowest BCUT2D eigenvalue weighted by atomic mass is 9.98. The van der Waals surface area contributed by atoms with Gasteiger partial charge in [0.25, 0.3) is 0 Å². The van der Waals surface area contributed by atoms with Crippen LogP contribution in [0.25, 0.3) is 11.0 Å². The van der Waals surface area contributed by atoms with E-state index in [1.807, 2.05) is 4.57 Å². The Bertz CT molecular complexity index is 1190. The summed E-state index contributed by atoms with van der Waals surface area (Å²) in [6, 6.07) is 9.51. The Balaban J connectivity index is 1.33. The third-order valence-corrected chi connectivity index (χ3v) is 7.20. The molecule has 2 atom stereocenters. The summed E-state index contributed by atoms with van der Waals surface area (Å²) in [4.78, 5) is 17.2. The molecule has 0 saturated heterocycles. The minimum Gasteiger partial charge on any atom is -0.445 e. The number of rotatable bonds is 11. The Hall–Kier alpha value is -2.78. The molecule has 0 unspecified atom stereocenters. The van der Waals surface area contributed by atoms with Crippen LogP contribution >= 0.6 is 23.2 Å². The standard InChI is InChI=1S/C26H30Cl2F2N4O3/c1-16(13-31-18-6-8-20(9-7-18)37-25(29)30)36-26(35)33-19(10-17-4-2-3-5-17)14-34-15-32-23-11-21(27)22(28)12-24(23)34/h6-9,11-12,15-17,19,25,31H,2-5,10,13-14H2,1H3,(H,33,35)/t16-,19-/m0/s1. The third-order valence-electron chi connectivity index (χ3n) is 6.48. The Morgan fingerprint density at radius 1 is 1.16 bits per heavy atom. The molecule has 0 radical (unpaired) electrons. The van der Waals surface area contributed by atoms with Crippen LogP contribution in [0.1, 0.15) is 39.0 Å². The van der Waals surface area contributed by atoms with Gasteiger partial charge in [-0.15, -0.1) is 0 Å². The van der Waals surface area contributed by atoms with Crippen molar-refractivity contribution in [2.24, 2.45) is 5.92 Å². The van der Waals surface area contributed by atoms with Gasteiger partial charge in [-0.2, -0.15) is 8.78 Å². The van der Waals surface area contributed by atoms with Crippen LogP contribution in [0.3, 0.4) is 0 Å². The van der Waals surface area contributed by atoms with E-state index in [0.717, 1.165) is 30.3 Å². The maximum absolute atomic E-state index is 12.8. The molecule has 37 heavy (non-hydrogen) atoms. The number of amides is 1. The molecule has 0 aliphatic heterocycles. The lowest BCUT2D eigenvalue weighted by Crippen LogP contribution is -2.41. The van der Waals surface area contributed by atoms with E-state index < -0.39 is 18.8 Å². The number of ether oxygens (including phenoxy) is 2. The van der Waals surface area contributed by atoms with Crippen LogP contribution < -0.4 is 15.4 Å². The first-order valence-electron chi connectivity index (χ1n) is 12.3. The molecule has 3 aromatic rings. The molecule has 1 heterocycles. The number of hydrogen-bond donors (Lipinski definition) is 2. The lowest BCUT2D eigenvalue weighted by Gasteiger charge is -2.24. The number of nitrogens with zero attached hydrogens (tertiary/aromatic N) is 2. The van der Waals surface area contributed by atoms with E-state index in [0.29, 0.717) is 34.7 Å². The fourth-order valence-electron chi connectivity index (χ4n) is 4.70. The first-order chi connectivity index (χ1) is 17.8. The second-order valence-electron chi connectivity index (χ2n) is 9.38. The topological polar surface area (TPSA) is 77.4 Å². The summed E-state index contributed by atoms with van der Waals surface area (Å²) in [6.45, 7) is -0.213. The Labute approximate surface area is 224 Å². The Kier molecular flexibility index (Phi) is 9.32. The first kappa shape index (κ1) is 27.3. The van der Waals surface area contributed by atoms with Crippen LogP contribution in [0.15, 0.2) is 42.7 Å². The van der Waals surface area contributed by atoms with Crippen molar-refractivity contribution in [3.8, 4) is 5.75 Å². The maximum atomic E-state index is 12.8. The number of nitrogens with one attached hydrogen (secondary N) is 2. The zero-order valence-electron chi connectivity index (χ0n) is 20.4. The summed E-state index contributed by atoms with van der Waals surface area (Å²) in [5, 5.41) is 7.07. The molecular weight excluding hydrogens is 525 g/mol. The van der Waals surface area contributed by atoms with Gasteiger partial charge >= 0.3 is 12.7 Å². The van der Waals surface area contributed by atoms with Crippen molar-refractivity contribution >= 4 is 46.0 Å². The van der Waals surface area contributed by atoms with Gasteiger partial charge in [-0.05, 0) is 55.7 Å². The fourth-order valence-corrected chi connectivity index (χ4v) is 5.02. The number of aromatic nitrogens is 2. The average Bonchev–Trinajstić information content (AvgIpc) is 3.49. The van der Waals surface area contributed by atoms with Crippen LogP contribution in [0.5, 0.6) is 5.75 Å². The summed E-state index contributed by atoms with van der Waals surface area (Å²) in [5.41, 5.74) is 2.29. The molecule has 2 N–H and O–H groups in total. The van der Waals surface area contributed by atoms with Crippen molar-refractivity contribution in [1.82, 2.24) is 14.9 Å². The summed E-state index contributed by atoms with van der Waals surface area (Å²) < 4.78 is 36.5. The van der Waals surface area contributed by atoms with Gasteiger partial charge in [-0.1, -0.05) is 48.9 Å². The number of fused-ring (bicyclic) bond motifs is 1. The number of carbonyl (C=O) groups is 1. The van der Waals surface area contributed by atoms with Gasteiger partial charge in [0.2, 0.25) is 0 Å². The predicted molar refractivity (Wildman–Crippen MR) is 141 cm³/mol. The quantitative estimate of drug-likeness (QED) is 0.264. The Morgan fingerprint density at radius 2 is 1.86 bits per heavy atom. The molecule has 1 aliphatic rings. The van der Waals surface area contributed by atoms with Crippen LogP contribution in [0.2, 0.25) is 10.0 Å². The number of anilines is 1. The summed E-state index contributed by atoms with van der Waals surface area (Å²) in [7, 11) is 0. The molecule has 1 aromatic heterocycles. The lowest BCUT2D eigenvalue weighted by molar-refractivity contribution is -0.0498. The molecule has 1 saturated carbocycles. The zero-order valence-corrected chi connectivity index (χ0v) is 21.9. The SMILES string of the molecule is C[C@@H](CNc1ccc(OC(F)F)cc1)OC(=O)N[C@@H](CC1CCCC1)Cn1cnc2cc(Cl)c(Cl)cc21. The van der Waals surface area contributed by atoms with Gasteiger partial charge in [0.15, 0.2) is 0 Å². The monoisotopic (exact) mass is 554 g/mol. The van der Waals surface area contributed by atoms with Crippen LogP contribution in [0, 0.1) is 5.92 Å². The highest BCUT2D eigenvalue weighted by atomic mass is 35.5. The highest BCUT2D eigenvalue weighted by Gasteiger charge is 2.24. The maximum Gasteiger partial charge on any atom is 0.407 e. The van der Waals surface area contributed by atoms with E-state index in [-0.39, 0.29) is 11.8 Å². The van der Waals surface area contributed by atoms with Crippen molar-refractivity contribution in [3.63, 3.8) is 0 Å². The van der Waals surface area contributed by atoms with E-state index >= 15 is 0 Å². The van der Waals surface area contributed by atoms with Gasteiger partial charge in [0.05, 0.1) is 40.0 Å². The molecule has 4 rings (SSSR count). The average molecular weight is 555 g/mol. The van der Waals surface area contributed by atoms with Crippen molar-refractivity contribution in [3.05, 3.63) is 52.8 Å². The van der Waals surface area contributed by atoms with Crippen molar-refractivity contribution in [2.75, 3.05) is 11.9 Å². The molecule has 1 amide bonds. The second kappa shape index (κ2) is 12.6. The summed E-state index contributed by atoms with van der Waals surface area (Å²) in [5.74, 6) is 0.628. The zero-order chi connectivity index (χ0) is 26.4. The number of alkyl carbamates (subject to hydrolysis) is 1. The largest absolute Gasteiger partial charge is 0.445 e. The number of carbonyl (C=O) groups excluding carboxylic acids is 1. The first-order valence-corrected chi connectivity index (χ1v) is 13.1. The van der Waals surface area contributed by atoms with E-state index in [9.17, 15) is 13.6 Å². The number of benzene rings is 2. The molecule has 7 nitrogen and oxygen atoms in total. The van der Waals surface area contributed by atoms with Gasteiger partial charge in [0, 0.05) is 12.2 Å². The summed E-state index contributed by atoms with van der Waals surface area (Å²) >= 11 is 12.4. The van der Waals surface area contributed by atoms with Crippen molar-refractivity contribution < 1.29 is 23.0 Å². The highest BCUT2D eigenvalue weighted by molar-refractivity contribution is 6.42. The smallest absolute Gasteiger partial charge is 0.407 e. The Morgan fingerprint density at radius 3 is 2.57 bits per heavy atom. The second-order valence-corrected chi connectivity index (χ2v) is 10.2. The van der Waals surface area contributed by atoms with Gasteiger partial charge in [0.1, 0.15) is 11.9 Å². The summed E-state index contributed by atoms with van der Waals surface area (Å²) in [6.07, 6.45) is 6.37. The number of halogens is 4. The van der Waals surface area contributed by atoms with Gasteiger partial charge in [-0.3, -0.25) is 0 Å². The minimum absolute atomic E-state index is 0.0774. The molecule has 2 aromatic carbocycles. The van der Waals surface area contributed by atoms with Gasteiger partial charge < -0.3 is 24.7 Å². The molecular formula is C26H30Cl2F2N4O3. The minimum atomic E-state index is -2.87. The molecule has 0 bridgehead atoms. The third kappa shape index (κ3) is 7.85. The number of alkyl halides is 2. The number of hydrogen-bond acceptors (Lipinski definition) is 5. The predicted octanol–water partition coefficient (Wildman–Crippen LogP) is 7.12. The molecule has 1 fully saturated rings. The number of imidazole rings is 1. The normalized spacial score (nSPS) is 15.6. The fraction of sp³-hybridized carbons (Fsp3) is 0.462. The molecule has 11 heteroatoms. The van der Waals surface area contributed by atoms with E-state index in [1.54, 1.807) is 37.5 Å². The van der Waals surface area contributed by atoms with Crippen LogP contribution in [-0.4, -0.2) is 40.9 Å². The molecule has 200 valence electrons. The van der Waals surface area contributed by atoms with Crippen molar-refractivity contribution in [2.45, 2.75) is 64.3 Å².